The van der Waals surface area contributed by atoms with Crippen LogP contribution in [-0.2, 0) is 22.4 Å². The van der Waals surface area contributed by atoms with Crippen LogP contribution in [0.2, 0.25) is 0 Å². The van der Waals surface area contributed by atoms with Gasteiger partial charge in [0.25, 0.3) is 0 Å². The first kappa shape index (κ1) is 11.5. The van der Waals surface area contributed by atoms with E-state index in [0.29, 0.717) is 19.3 Å². The molecule has 1 unspecified atom stereocenters. The molecule has 0 fully saturated rings. The highest BCUT2D eigenvalue weighted by molar-refractivity contribution is 5.86. The summed E-state index contributed by atoms with van der Waals surface area (Å²) in [6.45, 7) is 1.39. The number of carboxylic acid groups (broad SMARTS) is 1. The van der Waals surface area contributed by atoms with Crippen LogP contribution in [0.15, 0.2) is 6.20 Å². The summed E-state index contributed by atoms with van der Waals surface area (Å²) in [7, 11) is 0. The molecule has 1 aromatic heterocycles. The molecule has 6 heteroatoms. The summed E-state index contributed by atoms with van der Waals surface area (Å²) in [5, 5.41) is 11.5. The maximum atomic E-state index is 10.9. The lowest BCUT2D eigenvalue weighted by Gasteiger charge is -2.20. The van der Waals surface area contributed by atoms with Crippen LogP contribution in [-0.4, -0.2) is 27.0 Å². The SMILES string of the molecule is CC(=O)Nc1ncc2c(n1)CCC(C(=O)O)C2. The maximum Gasteiger partial charge on any atom is 0.306 e. The van der Waals surface area contributed by atoms with Gasteiger partial charge in [-0.3, -0.25) is 14.9 Å². The van der Waals surface area contributed by atoms with Crippen molar-refractivity contribution >= 4 is 17.8 Å². The maximum absolute atomic E-state index is 10.9. The fraction of sp³-hybridized carbons (Fsp3) is 0.455. The van der Waals surface area contributed by atoms with E-state index in [1.165, 1.54) is 6.92 Å². The standard InChI is InChI=1S/C11H13N3O3/c1-6(15)13-11-12-5-8-4-7(10(16)17)2-3-9(8)14-11/h5,7H,2-4H2,1H3,(H,16,17)(H,12,13,14,15). The summed E-state index contributed by atoms with van der Waals surface area (Å²) >= 11 is 0. The number of nitrogens with one attached hydrogen (secondary N) is 1. The van der Waals surface area contributed by atoms with Gasteiger partial charge in [-0.05, 0) is 24.8 Å². The van der Waals surface area contributed by atoms with Gasteiger partial charge in [0.15, 0.2) is 0 Å². The Morgan fingerprint density at radius 2 is 2.29 bits per heavy atom. The molecule has 2 rings (SSSR count). The van der Waals surface area contributed by atoms with Crippen molar-refractivity contribution < 1.29 is 14.7 Å². The predicted octanol–water partition coefficient (Wildman–Crippen LogP) is 0.624. The molecule has 1 atom stereocenters. The molecule has 90 valence electrons. The fourth-order valence-electron chi connectivity index (χ4n) is 1.94. The minimum Gasteiger partial charge on any atom is -0.481 e. The lowest BCUT2D eigenvalue weighted by atomic mass is 9.87. The molecule has 1 heterocycles. The Labute approximate surface area is 98.1 Å². The Balaban J connectivity index is 2.19. The molecule has 1 aliphatic rings. The molecule has 0 radical (unpaired) electrons. The van der Waals surface area contributed by atoms with E-state index in [2.05, 4.69) is 15.3 Å². The van der Waals surface area contributed by atoms with E-state index in [4.69, 9.17) is 5.11 Å². The number of aromatic nitrogens is 2. The van der Waals surface area contributed by atoms with Crippen molar-refractivity contribution in [3.8, 4) is 0 Å². The molecule has 0 saturated carbocycles. The number of fused-ring (bicyclic) bond motifs is 1. The van der Waals surface area contributed by atoms with Crippen LogP contribution in [0.1, 0.15) is 24.6 Å². The van der Waals surface area contributed by atoms with Gasteiger partial charge < -0.3 is 5.11 Å². The van der Waals surface area contributed by atoms with Crippen molar-refractivity contribution in [2.75, 3.05) is 5.32 Å². The van der Waals surface area contributed by atoms with Gasteiger partial charge in [0.2, 0.25) is 11.9 Å². The summed E-state index contributed by atoms with van der Waals surface area (Å²) in [4.78, 5) is 29.9. The van der Waals surface area contributed by atoms with Crippen molar-refractivity contribution in [2.45, 2.75) is 26.2 Å². The average Bonchev–Trinajstić information content (AvgIpc) is 2.27. The highest BCUT2D eigenvalue weighted by Crippen LogP contribution is 2.24. The molecule has 17 heavy (non-hydrogen) atoms. The number of carbonyl (C=O) groups excluding carboxylic acids is 1. The zero-order chi connectivity index (χ0) is 12.4. The molecule has 0 saturated heterocycles. The second-order valence-corrected chi connectivity index (χ2v) is 4.12. The molecular formula is C11H13N3O3. The molecule has 0 aliphatic heterocycles. The Morgan fingerprint density at radius 1 is 1.53 bits per heavy atom. The number of carboxylic acids is 1. The lowest BCUT2D eigenvalue weighted by molar-refractivity contribution is -0.142. The first-order valence-electron chi connectivity index (χ1n) is 5.41. The summed E-state index contributed by atoms with van der Waals surface area (Å²) in [5.74, 6) is -1.06. The van der Waals surface area contributed by atoms with E-state index >= 15 is 0 Å². The Hall–Kier alpha value is -1.98. The Kier molecular flexibility index (Phi) is 3.03. The van der Waals surface area contributed by atoms with E-state index in [0.717, 1.165) is 11.3 Å². The predicted molar refractivity (Wildman–Crippen MR) is 59.5 cm³/mol. The van der Waals surface area contributed by atoms with Crippen LogP contribution < -0.4 is 5.32 Å². The normalized spacial score (nSPS) is 18.3. The number of nitrogens with zero attached hydrogens (tertiary/aromatic N) is 2. The van der Waals surface area contributed by atoms with E-state index in [1.807, 2.05) is 0 Å². The van der Waals surface area contributed by atoms with Gasteiger partial charge in [0.05, 0.1) is 5.92 Å². The van der Waals surface area contributed by atoms with E-state index in [1.54, 1.807) is 6.20 Å². The van der Waals surface area contributed by atoms with E-state index in [-0.39, 0.29) is 17.8 Å². The van der Waals surface area contributed by atoms with Crippen molar-refractivity contribution in [1.82, 2.24) is 9.97 Å². The summed E-state index contributed by atoms with van der Waals surface area (Å²) < 4.78 is 0. The number of amides is 1. The van der Waals surface area contributed by atoms with Crippen LogP contribution >= 0.6 is 0 Å². The zero-order valence-electron chi connectivity index (χ0n) is 9.43. The minimum atomic E-state index is -0.776. The van der Waals surface area contributed by atoms with Crippen LogP contribution in [0, 0.1) is 5.92 Å². The number of anilines is 1. The van der Waals surface area contributed by atoms with Gasteiger partial charge in [-0.15, -0.1) is 0 Å². The van der Waals surface area contributed by atoms with Crippen LogP contribution in [0.25, 0.3) is 0 Å². The zero-order valence-corrected chi connectivity index (χ0v) is 9.43. The van der Waals surface area contributed by atoms with Gasteiger partial charge in [-0.2, -0.15) is 0 Å². The molecule has 1 aliphatic carbocycles. The quantitative estimate of drug-likeness (QED) is 0.784. The highest BCUT2D eigenvalue weighted by Gasteiger charge is 2.25. The summed E-state index contributed by atoms with van der Waals surface area (Å²) in [5.41, 5.74) is 1.69. The molecule has 0 bridgehead atoms. The number of hydrogen-bond acceptors (Lipinski definition) is 4. The lowest BCUT2D eigenvalue weighted by Crippen LogP contribution is -2.23. The van der Waals surface area contributed by atoms with Crippen LogP contribution in [0.5, 0.6) is 0 Å². The average molecular weight is 235 g/mol. The van der Waals surface area contributed by atoms with E-state index < -0.39 is 5.97 Å². The Morgan fingerprint density at radius 3 is 2.94 bits per heavy atom. The second kappa shape index (κ2) is 4.48. The topological polar surface area (TPSA) is 92.2 Å². The number of aryl methyl sites for hydroxylation is 1. The summed E-state index contributed by atoms with van der Waals surface area (Å²) in [6.07, 6.45) is 3.26. The van der Waals surface area contributed by atoms with Gasteiger partial charge >= 0.3 is 5.97 Å². The largest absolute Gasteiger partial charge is 0.481 e. The van der Waals surface area contributed by atoms with Gasteiger partial charge in [-0.25, -0.2) is 9.97 Å². The number of aliphatic carboxylic acids is 1. The van der Waals surface area contributed by atoms with Crippen molar-refractivity contribution in [3.05, 3.63) is 17.5 Å². The van der Waals surface area contributed by atoms with Gasteiger partial charge in [-0.1, -0.05) is 0 Å². The van der Waals surface area contributed by atoms with Crippen molar-refractivity contribution in [2.24, 2.45) is 5.92 Å². The molecule has 0 aromatic carbocycles. The molecule has 1 aromatic rings. The van der Waals surface area contributed by atoms with Crippen molar-refractivity contribution in [3.63, 3.8) is 0 Å². The number of rotatable bonds is 2. The molecule has 0 spiro atoms. The van der Waals surface area contributed by atoms with Gasteiger partial charge in [0, 0.05) is 18.8 Å². The Bertz CT molecular complexity index is 473. The monoisotopic (exact) mass is 235 g/mol. The second-order valence-electron chi connectivity index (χ2n) is 4.12. The molecular weight excluding hydrogens is 222 g/mol. The molecule has 1 amide bonds. The molecule has 6 nitrogen and oxygen atoms in total. The minimum absolute atomic E-state index is 0.218. The first-order valence-corrected chi connectivity index (χ1v) is 5.41. The van der Waals surface area contributed by atoms with Gasteiger partial charge in [0.1, 0.15) is 0 Å². The number of carbonyl (C=O) groups is 2. The fourth-order valence-corrected chi connectivity index (χ4v) is 1.94. The van der Waals surface area contributed by atoms with E-state index in [9.17, 15) is 9.59 Å². The third-order valence-electron chi connectivity index (χ3n) is 2.79. The number of hydrogen-bond donors (Lipinski definition) is 2. The third kappa shape index (κ3) is 2.58. The smallest absolute Gasteiger partial charge is 0.306 e. The van der Waals surface area contributed by atoms with Crippen LogP contribution in [0.4, 0.5) is 5.95 Å². The van der Waals surface area contributed by atoms with Crippen molar-refractivity contribution in [1.29, 1.82) is 0 Å². The first-order chi connectivity index (χ1) is 8.06. The highest BCUT2D eigenvalue weighted by atomic mass is 16.4. The summed E-state index contributed by atoms with van der Waals surface area (Å²) in [6, 6.07) is 0. The molecule has 2 N–H and O–H groups in total. The third-order valence-corrected chi connectivity index (χ3v) is 2.79. The van der Waals surface area contributed by atoms with Crippen LogP contribution in [0.3, 0.4) is 0 Å².